The van der Waals surface area contributed by atoms with Gasteiger partial charge in [0, 0.05) is 0 Å². The molecule has 0 aliphatic carbocycles. The van der Waals surface area contributed by atoms with E-state index in [2.05, 4.69) is 20.8 Å². The molecule has 1 aliphatic rings. The van der Waals surface area contributed by atoms with E-state index in [1.54, 1.807) is 0 Å². The third kappa shape index (κ3) is 1.68. The standard InChI is InChI=1S/C8H16O/c1-4-7-5-6-8(2,3)9-7/h7H,4-6H2,1-3H3/t7-/m0/s1. The molecule has 1 saturated heterocycles. The van der Waals surface area contributed by atoms with Gasteiger partial charge in [0.1, 0.15) is 0 Å². The number of rotatable bonds is 1. The van der Waals surface area contributed by atoms with Gasteiger partial charge >= 0.3 is 0 Å². The molecule has 1 atom stereocenters. The van der Waals surface area contributed by atoms with Crippen molar-refractivity contribution in [2.24, 2.45) is 0 Å². The van der Waals surface area contributed by atoms with E-state index in [0.717, 1.165) is 0 Å². The molecule has 1 fully saturated rings. The summed E-state index contributed by atoms with van der Waals surface area (Å²) in [5, 5.41) is 0. The van der Waals surface area contributed by atoms with Crippen LogP contribution in [-0.2, 0) is 4.74 Å². The highest BCUT2D eigenvalue weighted by atomic mass is 16.5. The van der Waals surface area contributed by atoms with E-state index in [0.29, 0.717) is 6.10 Å². The van der Waals surface area contributed by atoms with Crippen molar-refractivity contribution in [1.29, 1.82) is 0 Å². The summed E-state index contributed by atoms with van der Waals surface area (Å²) >= 11 is 0. The van der Waals surface area contributed by atoms with Gasteiger partial charge in [-0.05, 0) is 33.1 Å². The minimum absolute atomic E-state index is 0.167. The summed E-state index contributed by atoms with van der Waals surface area (Å²) < 4.78 is 5.70. The van der Waals surface area contributed by atoms with E-state index in [4.69, 9.17) is 4.74 Å². The zero-order valence-electron chi connectivity index (χ0n) is 6.61. The Labute approximate surface area is 57.4 Å². The second kappa shape index (κ2) is 2.30. The van der Waals surface area contributed by atoms with Crippen LogP contribution in [-0.4, -0.2) is 11.7 Å². The van der Waals surface area contributed by atoms with Gasteiger partial charge in [-0.15, -0.1) is 0 Å². The summed E-state index contributed by atoms with van der Waals surface area (Å²) in [6.45, 7) is 6.53. The van der Waals surface area contributed by atoms with Crippen LogP contribution in [0.2, 0.25) is 0 Å². The number of hydrogen-bond acceptors (Lipinski definition) is 1. The van der Waals surface area contributed by atoms with Gasteiger partial charge in [-0.1, -0.05) is 6.92 Å². The first-order chi connectivity index (χ1) is 4.14. The zero-order valence-corrected chi connectivity index (χ0v) is 6.61. The molecule has 1 rings (SSSR count). The van der Waals surface area contributed by atoms with Crippen molar-refractivity contribution in [3.8, 4) is 0 Å². The molecule has 1 heterocycles. The topological polar surface area (TPSA) is 9.23 Å². The largest absolute Gasteiger partial charge is 0.372 e. The van der Waals surface area contributed by atoms with Crippen molar-refractivity contribution in [1.82, 2.24) is 0 Å². The molecule has 0 bridgehead atoms. The lowest BCUT2D eigenvalue weighted by atomic mass is 10.1. The number of hydrogen-bond donors (Lipinski definition) is 0. The molecule has 0 saturated carbocycles. The van der Waals surface area contributed by atoms with Crippen LogP contribution in [0.15, 0.2) is 0 Å². The van der Waals surface area contributed by atoms with Crippen molar-refractivity contribution in [2.45, 2.75) is 51.7 Å². The van der Waals surface area contributed by atoms with Crippen molar-refractivity contribution in [2.75, 3.05) is 0 Å². The van der Waals surface area contributed by atoms with Crippen molar-refractivity contribution in [3.63, 3.8) is 0 Å². The van der Waals surface area contributed by atoms with Crippen LogP contribution in [0.25, 0.3) is 0 Å². The summed E-state index contributed by atoms with van der Waals surface area (Å²) in [7, 11) is 0. The van der Waals surface area contributed by atoms with Crippen molar-refractivity contribution >= 4 is 0 Å². The fraction of sp³-hybridized carbons (Fsp3) is 1.00. The normalized spacial score (nSPS) is 33.0. The average molecular weight is 128 g/mol. The molecule has 54 valence electrons. The molecule has 0 amide bonds. The predicted molar refractivity (Wildman–Crippen MR) is 38.5 cm³/mol. The highest BCUT2D eigenvalue weighted by Gasteiger charge is 2.29. The Morgan fingerprint density at radius 1 is 1.56 bits per heavy atom. The molecule has 0 N–H and O–H groups in total. The molecular formula is C8H16O. The zero-order chi connectivity index (χ0) is 6.91. The second-order valence-electron chi connectivity index (χ2n) is 3.45. The highest BCUT2D eigenvalue weighted by molar-refractivity contribution is 4.79. The summed E-state index contributed by atoms with van der Waals surface area (Å²) in [5.74, 6) is 0. The van der Waals surface area contributed by atoms with Gasteiger partial charge in [0.15, 0.2) is 0 Å². The predicted octanol–water partition coefficient (Wildman–Crippen LogP) is 2.35. The van der Waals surface area contributed by atoms with E-state index in [1.165, 1.54) is 19.3 Å². The fourth-order valence-electron chi connectivity index (χ4n) is 1.37. The van der Waals surface area contributed by atoms with Gasteiger partial charge < -0.3 is 4.74 Å². The molecule has 0 aromatic rings. The Bertz CT molecular complexity index is 96.7. The van der Waals surface area contributed by atoms with Gasteiger partial charge in [0.05, 0.1) is 11.7 Å². The Morgan fingerprint density at radius 2 is 2.22 bits per heavy atom. The SMILES string of the molecule is CC[C@H]1CCC(C)(C)O1. The summed E-state index contributed by atoms with van der Waals surface area (Å²) in [6, 6.07) is 0. The first-order valence-electron chi connectivity index (χ1n) is 3.82. The average Bonchev–Trinajstić information content (AvgIpc) is 2.10. The summed E-state index contributed by atoms with van der Waals surface area (Å²) in [5.41, 5.74) is 0.167. The van der Waals surface area contributed by atoms with E-state index in [9.17, 15) is 0 Å². The third-order valence-corrected chi connectivity index (χ3v) is 2.01. The van der Waals surface area contributed by atoms with Crippen LogP contribution in [0.3, 0.4) is 0 Å². The van der Waals surface area contributed by atoms with Gasteiger partial charge in [0.2, 0.25) is 0 Å². The molecule has 0 spiro atoms. The van der Waals surface area contributed by atoms with Crippen LogP contribution in [0.5, 0.6) is 0 Å². The first-order valence-corrected chi connectivity index (χ1v) is 3.82. The molecule has 0 aromatic carbocycles. The molecule has 1 aliphatic heterocycles. The van der Waals surface area contributed by atoms with Crippen LogP contribution >= 0.6 is 0 Å². The quantitative estimate of drug-likeness (QED) is 0.526. The molecule has 0 unspecified atom stereocenters. The molecule has 0 aromatic heterocycles. The van der Waals surface area contributed by atoms with E-state index >= 15 is 0 Å². The number of ether oxygens (including phenoxy) is 1. The maximum Gasteiger partial charge on any atom is 0.0631 e. The maximum absolute atomic E-state index is 5.70. The Balaban J connectivity index is 2.38. The molecule has 1 nitrogen and oxygen atoms in total. The molecule has 1 heteroatoms. The monoisotopic (exact) mass is 128 g/mol. The van der Waals surface area contributed by atoms with Gasteiger partial charge in [-0.3, -0.25) is 0 Å². The van der Waals surface area contributed by atoms with E-state index in [-0.39, 0.29) is 5.60 Å². The molecular weight excluding hydrogens is 112 g/mol. The van der Waals surface area contributed by atoms with E-state index in [1.807, 2.05) is 0 Å². The van der Waals surface area contributed by atoms with E-state index < -0.39 is 0 Å². The summed E-state index contributed by atoms with van der Waals surface area (Å²) in [6.07, 6.45) is 4.19. The second-order valence-corrected chi connectivity index (χ2v) is 3.45. The maximum atomic E-state index is 5.70. The minimum atomic E-state index is 0.167. The van der Waals surface area contributed by atoms with Crippen molar-refractivity contribution in [3.05, 3.63) is 0 Å². The smallest absolute Gasteiger partial charge is 0.0631 e. The Hall–Kier alpha value is -0.0400. The van der Waals surface area contributed by atoms with Crippen molar-refractivity contribution < 1.29 is 4.74 Å². The van der Waals surface area contributed by atoms with Crippen LogP contribution < -0.4 is 0 Å². The van der Waals surface area contributed by atoms with Gasteiger partial charge in [-0.2, -0.15) is 0 Å². The lowest BCUT2D eigenvalue weighted by Gasteiger charge is -2.18. The first kappa shape index (κ1) is 7.07. The molecule has 0 radical (unpaired) electrons. The minimum Gasteiger partial charge on any atom is -0.372 e. The molecule has 9 heavy (non-hydrogen) atoms. The lowest BCUT2D eigenvalue weighted by Crippen LogP contribution is -2.19. The lowest BCUT2D eigenvalue weighted by molar-refractivity contribution is -0.0162. The van der Waals surface area contributed by atoms with Gasteiger partial charge in [0.25, 0.3) is 0 Å². The Kier molecular flexibility index (Phi) is 1.80. The Morgan fingerprint density at radius 3 is 2.44 bits per heavy atom. The van der Waals surface area contributed by atoms with Crippen LogP contribution in [0, 0.1) is 0 Å². The summed E-state index contributed by atoms with van der Waals surface area (Å²) in [4.78, 5) is 0. The fourth-order valence-corrected chi connectivity index (χ4v) is 1.37. The van der Waals surface area contributed by atoms with Gasteiger partial charge in [-0.25, -0.2) is 0 Å². The highest BCUT2D eigenvalue weighted by Crippen LogP contribution is 2.30. The van der Waals surface area contributed by atoms with Crippen LogP contribution in [0.4, 0.5) is 0 Å². The third-order valence-electron chi connectivity index (χ3n) is 2.01. The van der Waals surface area contributed by atoms with Crippen LogP contribution in [0.1, 0.15) is 40.0 Å².